The molecule has 0 saturated heterocycles. The van der Waals surface area contributed by atoms with Gasteiger partial charge in [0.15, 0.2) is 0 Å². The topological polar surface area (TPSA) is 33.5 Å². The van der Waals surface area contributed by atoms with Crippen LogP contribution in [-0.2, 0) is 5.41 Å². The smallest absolute Gasteiger partial charge is 0.137 e. The summed E-state index contributed by atoms with van der Waals surface area (Å²) in [6.45, 7) is 15.6. The molecule has 330 valence electrons. The summed E-state index contributed by atoms with van der Waals surface area (Å²) >= 11 is 0. The van der Waals surface area contributed by atoms with Crippen LogP contribution >= 0.6 is 0 Å². The highest BCUT2D eigenvalue weighted by Gasteiger charge is 2.33. The Labute approximate surface area is 384 Å². The summed E-state index contributed by atoms with van der Waals surface area (Å²) in [5.41, 5.74) is 11.2. The summed E-state index contributed by atoms with van der Waals surface area (Å²) in [6.07, 6.45) is 1.88. The number of pyridine rings is 1. The molecule has 66 heavy (non-hydrogen) atoms. The standard InChI is InChI=1S/C58H51F3N4O/c1-35(2)47-29-39(56-49(60)14-12-15-50(56)61)30-48(36(3)4)57(47)64-34-63(52-17-10-11-18-53(52)64)42-27-38(37-19-21-41(59)22-20-37)28-44(32-42)66-43-23-24-46-45-13-8-9-16-51(45)65(54(46)33-43)55-31-40(25-26-62-55)58(5,6)7/h8-33,35-36H,34H2,1-7H3. The zero-order chi connectivity index (χ0) is 46.0. The number of nitrogens with zero attached hydrogens (tertiary/aromatic N) is 4. The number of hydrogen-bond acceptors (Lipinski definition) is 4. The number of anilines is 4. The van der Waals surface area contributed by atoms with Crippen molar-refractivity contribution in [3.8, 4) is 39.6 Å². The van der Waals surface area contributed by atoms with Crippen LogP contribution in [0, 0.1) is 17.5 Å². The molecular weight excluding hydrogens is 826 g/mol. The van der Waals surface area contributed by atoms with E-state index in [1.54, 1.807) is 12.1 Å². The van der Waals surface area contributed by atoms with Gasteiger partial charge in [0.2, 0.25) is 0 Å². The van der Waals surface area contributed by atoms with Crippen molar-refractivity contribution in [1.29, 1.82) is 0 Å². The van der Waals surface area contributed by atoms with Gasteiger partial charge in [-0.25, -0.2) is 18.2 Å². The molecule has 10 rings (SSSR count). The van der Waals surface area contributed by atoms with Gasteiger partial charge in [-0.3, -0.25) is 4.57 Å². The van der Waals surface area contributed by atoms with E-state index in [0.29, 0.717) is 23.7 Å². The summed E-state index contributed by atoms with van der Waals surface area (Å²) < 4.78 is 54.2. The van der Waals surface area contributed by atoms with E-state index in [4.69, 9.17) is 9.72 Å². The van der Waals surface area contributed by atoms with Crippen molar-refractivity contribution in [1.82, 2.24) is 9.55 Å². The van der Waals surface area contributed by atoms with E-state index in [0.717, 1.165) is 72.6 Å². The van der Waals surface area contributed by atoms with Gasteiger partial charge in [0.1, 0.15) is 41.4 Å². The molecule has 0 unspecified atom stereocenters. The fraction of sp³-hybridized carbons (Fsp3) is 0.190. The molecule has 1 aliphatic heterocycles. The number of rotatable bonds is 9. The van der Waals surface area contributed by atoms with Crippen LogP contribution in [0.25, 0.3) is 49.9 Å². The lowest BCUT2D eigenvalue weighted by molar-refractivity contribution is 0.483. The van der Waals surface area contributed by atoms with E-state index in [9.17, 15) is 4.39 Å². The van der Waals surface area contributed by atoms with Crippen molar-refractivity contribution in [3.63, 3.8) is 0 Å². The van der Waals surface area contributed by atoms with E-state index in [-0.39, 0.29) is 28.6 Å². The molecule has 0 fully saturated rings. The molecular formula is C58H51F3N4O. The van der Waals surface area contributed by atoms with Gasteiger partial charge >= 0.3 is 0 Å². The lowest BCUT2D eigenvalue weighted by Gasteiger charge is -2.30. The van der Waals surface area contributed by atoms with Crippen LogP contribution in [0.5, 0.6) is 11.5 Å². The Bertz CT molecular complexity index is 3260. The molecule has 0 amide bonds. The first kappa shape index (κ1) is 42.6. The molecule has 9 aromatic rings. The fourth-order valence-corrected chi connectivity index (χ4v) is 9.43. The first-order chi connectivity index (χ1) is 31.7. The van der Waals surface area contributed by atoms with Crippen LogP contribution < -0.4 is 14.5 Å². The molecule has 8 heteroatoms. The van der Waals surface area contributed by atoms with Crippen molar-refractivity contribution < 1.29 is 17.9 Å². The van der Waals surface area contributed by atoms with Crippen molar-refractivity contribution in [2.75, 3.05) is 16.5 Å². The molecule has 1 aliphatic rings. The SMILES string of the molecule is CC(C)c1cc(-c2c(F)cccc2F)cc(C(C)C)c1N1CN(c2cc(Oc3ccc4c5ccccc5n(-c5cc(C(C)(C)C)ccn5)c4c3)cc(-c3ccc(F)cc3)c2)c2ccccc21. The molecule has 0 bridgehead atoms. The Kier molecular flexibility index (Phi) is 10.7. The molecule has 2 aromatic heterocycles. The quantitative estimate of drug-likeness (QED) is 0.145. The predicted molar refractivity (Wildman–Crippen MR) is 265 cm³/mol. The summed E-state index contributed by atoms with van der Waals surface area (Å²) in [6, 6.07) is 47.8. The van der Waals surface area contributed by atoms with Crippen LogP contribution in [0.4, 0.5) is 35.9 Å². The number of fused-ring (bicyclic) bond motifs is 4. The van der Waals surface area contributed by atoms with Gasteiger partial charge in [-0.2, -0.15) is 0 Å². The van der Waals surface area contributed by atoms with Gasteiger partial charge in [0.25, 0.3) is 0 Å². The van der Waals surface area contributed by atoms with Crippen LogP contribution in [-0.4, -0.2) is 16.2 Å². The third-order valence-corrected chi connectivity index (χ3v) is 12.8. The highest BCUT2D eigenvalue weighted by atomic mass is 19.1. The second kappa shape index (κ2) is 16.6. The second-order valence-electron chi connectivity index (χ2n) is 18.9. The molecule has 0 saturated carbocycles. The average Bonchev–Trinajstić information content (AvgIpc) is 3.84. The highest BCUT2D eigenvalue weighted by Crippen LogP contribution is 2.50. The molecule has 0 N–H and O–H groups in total. The van der Waals surface area contributed by atoms with Gasteiger partial charge in [-0.1, -0.05) is 97.0 Å². The first-order valence-corrected chi connectivity index (χ1v) is 22.6. The minimum atomic E-state index is -0.589. The second-order valence-corrected chi connectivity index (χ2v) is 18.9. The summed E-state index contributed by atoms with van der Waals surface area (Å²) in [7, 11) is 0. The van der Waals surface area contributed by atoms with Gasteiger partial charge < -0.3 is 14.5 Å². The van der Waals surface area contributed by atoms with E-state index in [1.165, 1.54) is 35.9 Å². The molecule has 0 aliphatic carbocycles. The first-order valence-electron chi connectivity index (χ1n) is 22.6. The summed E-state index contributed by atoms with van der Waals surface area (Å²) in [5.74, 6) is 0.668. The van der Waals surface area contributed by atoms with Crippen LogP contribution in [0.15, 0.2) is 158 Å². The van der Waals surface area contributed by atoms with Crippen LogP contribution in [0.1, 0.15) is 77.0 Å². The van der Waals surface area contributed by atoms with Gasteiger partial charge in [0, 0.05) is 40.5 Å². The average molecular weight is 877 g/mol. The maximum atomic E-state index is 15.3. The Morgan fingerprint density at radius 1 is 0.561 bits per heavy atom. The van der Waals surface area contributed by atoms with E-state index >= 15 is 8.78 Å². The number of aromatic nitrogens is 2. The van der Waals surface area contributed by atoms with Crippen molar-refractivity contribution in [3.05, 3.63) is 192 Å². The largest absolute Gasteiger partial charge is 0.457 e. The number of hydrogen-bond donors (Lipinski definition) is 0. The van der Waals surface area contributed by atoms with Crippen molar-refractivity contribution >= 4 is 44.6 Å². The molecule has 5 nitrogen and oxygen atoms in total. The maximum absolute atomic E-state index is 15.3. The van der Waals surface area contributed by atoms with Gasteiger partial charge in [-0.15, -0.1) is 0 Å². The minimum absolute atomic E-state index is 0.0199. The number of halogens is 3. The lowest BCUT2D eigenvalue weighted by atomic mass is 9.87. The van der Waals surface area contributed by atoms with E-state index < -0.39 is 11.6 Å². The molecule has 3 heterocycles. The third-order valence-electron chi connectivity index (χ3n) is 12.8. The van der Waals surface area contributed by atoms with Gasteiger partial charge in [-0.05, 0) is 142 Å². The van der Waals surface area contributed by atoms with Crippen LogP contribution in [0.2, 0.25) is 0 Å². The Morgan fingerprint density at radius 3 is 1.89 bits per heavy atom. The van der Waals surface area contributed by atoms with Gasteiger partial charge in [0.05, 0.1) is 28.0 Å². The molecule has 7 aromatic carbocycles. The fourth-order valence-electron chi connectivity index (χ4n) is 9.43. The number of benzene rings is 7. The lowest BCUT2D eigenvalue weighted by Crippen LogP contribution is -2.26. The molecule has 0 radical (unpaired) electrons. The Hall–Kier alpha value is -7.32. The number of ether oxygens (including phenoxy) is 1. The van der Waals surface area contributed by atoms with E-state index in [2.05, 4.69) is 136 Å². The summed E-state index contributed by atoms with van der Waals surface area (Å²) in [5, 5.41) is 2.21. The molecule has 0 atom stereocenters. The van der Waals surface area contributed by atoms with Crippen molar-refractivity contribution in [2.24, 2.45) is 0 Å². The monoisotopic (exact) mass is 876 g/mol. The Balaban J connectivity index is 1.10. The van der Waals surface area contributed by atoms with E-state index in [1.807, 2.05) is 42.6 Å². The zero-order valence-corrected chi connectivity index (χ0v) is 38.2. The Morgan fingerprint density at radius 2 is 1.21 bits per heavy atom. The third kappa shape index (κ3) is 7.64. The highest BCUT2D eigenvalue weighted by molar-refractivity contribution is 6.09. The van der Waals surface area contributed by atoms with Crippen LogP contribution in [0.3, 0.4) is 0 Å². The predicted octanol–water partition coefficient (Wildman–Crippen LogP) is 16.5. The minimum Gasteiger partial charge on any atom is -0.457 e. The summed E-state index contributed by atoms with van der Waals surface area (Å²) in [4.78, 5) is 9.46. The normalized spacial score (nSPS) is 12.8. The maximum Gasteiger partial charge on any atom is 0.137 e. The molecule has 0 spiro atoms. The zero-order valence-electron chi connectivity index (χ0n) is 38.2. The number of para-hydroxylation sites is 3. The van der Waals surface area contributed by atoms with Crippen molar-refractivity contribution in [2.45, 2.75) is 65.7 Å².